The van der Waals surface area contributed by atoms with Crippen molar-refractivity contribution in [3.05, 3.63) is 35.4 Å². The molecule has 0 spiro atoms. The van der Waals surface area contributed by atoms with Gasteiger partial charge in [0.25, 0.3) is 11.8 Å². The minimum absolute atomic E-state index is 0.0432. The molecule has 1 unspecified atom stereocenters. The highest BCUT2D eigenvalue weighted by Crippen LogP contribution is 2.15. The SMILES string of the molecule is CCCN(C(=O)c1ccc(C(=O)NCC(C)(C)C)cc1)C1CCNC1. The predicted molar refractivity (Wildman–Crippen MR) is 101 cm³/mol. The first-order valence-electron chi connectivity index (χ1n) is 9.22. The van der Waals surface area contributed by atoms with Gasteiger partial charge in [0.1, 0.15) is 0 Å². The van der Waals surface area contributed by atoms with Crippen LogP contribution in [-0.4, -0.2) is 48.9 Å². The van der Waals surface area contributed by atoms with Crippen molar-refractivity contribution >= 4 is 11.8 Å². The van der Waals surface area contributed by atoms with E-state index < -0.39 is 0 Å². The van der Waals surface area contributed by atoms with Crippen LogP contribution in [0.4, 0.5) is 0 Å². The highest BCUT2D eigenvalue weighted by atomic mass is 16.2. The lowest BCUT2D eigenvalue weighted by Gasteiger charge is -2.28. The van der Waals surface area contributed by atoms with Gasteiger partial charge in [0, 0.05) is 36.8 Å². The van der Waals surface area contributed by atoms with E-state index in [1.54, 1.807) is 24.3 Å². The number of amides is 2. The number of nitrogens with one attached hydrogen (secondary N) is 2. The molecule has 0 aromatic heterocycles. The summed E-state index contributed by atoms with van der Waals surface area (Å²) in [6, 6.07) is 7.27. The number of benzene rings is 1. The van der Waals surface area contributed by atoms with Crippen LogP contribution >= 0.6 is 0 Å². The van der Waals surface area contributed by atoms with Crippen LogP contribution in [0.2, 0.25) is 0 Å². The maximum Gasteiger partial charge on any atom is 0.254 e. The fraction of sp³-hybridized carbons (Fsp3) is 0.600. The molecule has 0 bridgehead atoms. The van der Waals surface area contributed by atoms with Crippen molar-refractivity contribution in [2.45, 2.75) is 46.6 Å². The standard InChI is InChI=1S/C20H31N3O2/c1-5-12-23(17-10-11-21-13-17)19(25)16-8-6-15(7-9-16)18(24)22-14-20(2,3)4/h6-9,17,21H,5,10-14H2,1-4H3,(H,22,24). The van der Waals surface area contributed by atoms with Gasteiger partial charge in [-0.05, 0) is 49.1 Å². The van der Waals surface area contributed by atoms with Gasteiger partial charge in [0.15, 0.2) is 0 Å². The molecule has 0 aliphatic carbocycles. The molecule has 1 fully saturated rings. The van der Waals surface area contributed by atoms with Gasteiger partial charge in [-0.2, -0.15) is 0 Å². The van der Waals surface area contributed by atoms with Crippen molar-refractivity contribution in [2.75, 3.05) is 26.2 Å². The second-order valence-electron chi connectivity index (χ2n) is 7.97. The molecule has 25 heavy (non-hydrogen) atoms. The third kappa shape index (κ3) is 5.56. The average Bonchev–Trinajstić information content (AvgIpc) is 3.10. The molecule has 1 atom stereocenters. The molecule has 1 aromatic rings. The zero-order valence-corrected chi connectivity index (χ0v) is 15.9. The lowest BCUT2D eigenvalue weighted by atomic mass is 9.97. The Balaban J connectivity index is 2.04. The molecule has 2 N–H and O–H groups in total. The molecule has 5 heteroatoms. The van der Waals surface area contributed by atoms with E-state index in [9.17, 15) is 9.59 Å². The molecule has 1 aromatic carbocycles. The van der Waals surface area contributed by atoms with Crippen LogP contribution in [0.3, 0.4) is 0 Å². The Hall–Kier alpha value is -1.88. The van der Waals surface area contributed by atoms with E-state index in [1.807, 2.05) is 4.90 Å². The van der Waals surface area contributed by atoms with Gasteiger partial charge in [-0.1, -0.05) is 27.7 Å². The first kappa shape index (κ1) is 19.4. The molecule has 5 nitrogen and oxygen atoms in total. The molecule has 1 aliphatic heterocycles. The Kier molecular flexibility index (Phi) is 6.59. The number of carbonyl (C=O) groups is 2. The van der Waals surface area contributed by atoms with Crippen LogP contribution < -0.4 is 10.6 Å². The zero-order valence-electron chi connectivity index (χ0n) is 15.9. The maximum atomic E-state index is 12.9. The summed E-state index contributed by atoms with van der Waals surface area (Å²) in [6.07, 6.45) is 1.94. The van der Waals surface area contributed by atoms with Gasteiger partial charge < -0.3 is 15.5 Å². The van der Waals surface area contributed by atoms with Crippen LogP contribution in [0, 0.1) is 5.41 Å². The highest BCUT2D eigenvalue weighted by molar-refractivity contribution is 5.98. The number of carbonyl (C=O) groups excluding carboxylic acids is 2. The Morgan fingerprint density at radius 2 is 1.84 bits per heavy atom. The van der Waals surface area contributed by atoms with E-state index in [0.717, 1.165) is 32.5 Å². The van der Waals surface area contributed by atoms with E-state index >= 15 is 0 Å². The van der Waals surface area contributed by atoms with Crippen LogP contribution in [-0.2, 0) is 0 Å². The summed E-state index contributed by atoms with van der Waals surface area (Å²) >= 11 is 0. The van der Waals surface area contributed by atoms with Crippen molar-refractivity contribution < 1.29 is 9.59 Å². The van der Waals surface area contributed by atoms with Gasteiger partial charge in [0.05, 0.1) is 0 Å². The fourth-order valence-electron chi connectivity index (χ4n) is 2.97. The lowest BCUT2D eigenvalue weighted by Crippen LogP contribution is -2.42. The zero-order chi connectivity index (χ0) is 18.4. The molecule has 138 valence electrons. The summed E-state index contributed by atoms with van der Waals surface area (Å²) in [4.78, 5) is 27.0. The quantitative estimate of drug-likeness (QED) is 0.833. The van der Waals surface area contributed by atoms with E-state index in [1.165, 1.54) is 0 Å². The van der Waals surface area contributed by atoms with Crippen LogP contribution in [0.1, 0.15) is 61.3 Å². The number of rotatable bonds is 6. The monoisotopic (exact) mass is 345 g/mol. The van der Waals surface area contributed by atoms with E-state index in [4.69, 9.17) is 0 Å². The van der Waals surface area contributed by atoms with Crippen LogP contribution in [0.25, 0.3) is 0 Å². The summed E-state index contributed by atoms with van der Waals surface area (Å²) < 4.78 is 0. The summed E-state index contributed by atoms with van der Waals surface area (Å²) in [6.45, 7) is 11.5. The third-order valence-electron chi connectivity index (χ3n) is 4.37. The van der Waals surface area contributed by atoms with Crippen LogP contribution in [0.15, 0.2) is 24.3 Å². The van der Waals surface area contributed by atoms with E-state index in [2.05, 4.69) is 38.3 Å². The predicted octanol–water partition coefficient (Wildman–Crippen LogP) is 2.68. The van der Waals surface area contributed by atoms with Gasteiger partial charge in [-0.3, -0.25) is 9.59 Å². The summed E-state index contributed by atoms with van der Waals surface area (Å²) in [5, 5.41) is 6.25. The minimum Gasteiger partial charge on any atom is -0.352 e. The Morgan fingerprint density at radius 3 is 2.36 bits per heavy atom. The van der Waals surface area contributed by atoms with Crippen molar-refractivity contribution in [1.29, 1.82) is 0 Å². The Bertz CT molecular complexity index is 584. The molecular weight excluding hydrogens is 314 g/mol. The topological polar surface area (TPSA) is 61.4 Å². The van der Waals surface area contributed by atoms with E-state index in [0.29, 0.717) is 17.7 Å². The molecular formula is C20H31N3O2. The summed E-state index contributed by atoms with van der Waals surface area (Å²) in [5.41, 5.74) is 1.28. The van der Waals surface area contributed by atoms with Gasteiger partial charge in [-0.25, -0.2) is 0 Å². The first-order chi connectivity index (χ1) is 11.8. The number of nitrogens with zero attached hydrogens (tertiary/aromatic N) is 1. The van der Waals surface area contributed by atoms with Crippen molar-refractivity contribution in [1.82, 2.24) is 15.5 Å². The van der Waals surface area contributed by atoms with Gasteiger partial charge in [-0.15, -0.1) is 0 Å². The highest BCUT2D eigenvalue weighted by Gasteiger charge is 2.26. The van der Waals surface area contributed by atoms with Crippen molar-refractivity contribution in [3.63, 3.8) is 0 Å². The molecule has 0 saturated carbocycles. The molecule has 0 radical (unpaired) electrons. The largest absolute Gasteiger partial charge is 0.352 e. The number of hydrogen-bond acceptors (Lipinski definition) is 3. The van der Waals surface area contributed by atoms with E-state index in [-0.39, 0.29) is 23.3 Å². The lowest BCUT2D eigenvalue weighted by molar-refractivity contribution is 0.0691. The summed E-state index contributed by atoms with van der Waals surface area (Å²) in [7, 11) is 0. The fourth-order valence-corrected chi connectivity index (χ4v) is 2.97. The maximum absolute atomic E-state index is 12.9. The normalized spacial score (nSPS) is 17.4. The molecule has 1 saturated heterocycles. The van der Waals surface area contributed by atoms with Crippen LogP contribution in [0.5, 0.6) is 0 Å². The molecule has 2 rings (SSSR count). The minimum atomic E-state index is -0.0978. The first-order valence-corrected chi connectivity index (χ1v) is 9.22. The Morgan fingerprint density at radius 1 is 1.20 bits per heavy atom. The third-order valence-corrected chi connectivity index (χ3v) is 4.37. The molecule has 1 aliphatic rings. The molecule has 1 heterocycles. The van der Waals surface area contributed by atoms with Gasteiger partial charge >= 0.3 is 0 Å². The van der Waals surface area contributed by atoms with Crippen molar-refractivity contribution in [2.24, 2.45) is 5.41 Å². The number of hydrogen-bond donors (Lipinski definition) is 2. The molecule has 2 amide bonds. The second kappa shape index (κ2) is 8.48. The smallest absolute Gasteiger partial charge is 0.254 e. The average molecular weight is 345 g/mol. The Labute approximate surface area is 151 Å². The summed E-state index contributed by atoms with van der Waals surface area (Å²) in [5.74, 6) is -0.0449. The van der Waals surface area contributed by atoms with Gasteiger partial charge in [0.2, 0.25) is 0 Å². The second-order valence-corrected chi connectivity index (χ2v) is 7.97. The van der Waals surface area contributed by atoms with Crippen molar-refractivity contribution in [3.8, 4) is 0 Å².